The third-order valence-electron chi connectivity index (χ3n) is 8.29. The van der Waals surface area contributed by atoms with Crippen LogP contribution in [-0.4, -0.2) is 56.3 Å². The second-order valence-electron chi connectivity index (χ2n) is 11.8. The summed E-state index contributed by atoms with van der Waals surface area (Å²) >= 11 is 0. The second-order valence-corrected chi connectivity index (χ2v) is 14.6. The fraction of sp³-hybridized carbons (Fsp3) is 0.333. The first-order valence-electron chi connectivity index (χ1n) is 15.1. The first kappa shape index (κ1) is 29.9. The third kappa shape index (κ3) is 5.20. The average Bonchev–Trinajstić information content (AvgIpc) is 3.78. The van der Waals surface area contributed by atoms with Gasteiger partial charge >= 0.3 is 6.18 Å². The maximum Gasteiger partial charge on any atom is 0.418 e. The van der Waals surface area contributed by atoms with Crippen molar-refractivity contribution in [3.8, 4) is 5.69 Å². The minimum atomic E-state index is -4.63. The van der Waals surface area contributed by atoms with Crippen molar-refractivity contribution in [2.45, 2.75) is 58.0 Å². The van der Waals surface area contributed by atoms with Crippen LogP contribution in [0.3, 0.4) is 0 Å². The van der Waals surface area contributed by atoms with Gasteiger partial charge in [0.05, 0.1) is 45.7 Å². The Labute approximate surface area is 259 Å². The summed E-state index contributed by atoms with van der Waals surface area (Å²) in [5.74, 6) is 0.334. The smallest absolute Gasteiger partial charge is 0.373 e. The van der Waals surface area contributed by atoms with Gasteiger partial charge in [-0.3, -0.25) is 0 Å². The molecule has 3 atom stereocenters. The Bertz CT molecular complexity index is 1820. The minimum absolute atomic E-state index is 0.0976. The van der Waals surface area contributed by atoms with E-state index in [1.165, 1.54) is 18.2 Å². The number of halogens is 4. The predicted octanol–water partition coefficient (Wildman–Crippen LogP) is 7.99. The zero-order chi connectivity index (χ0) is 31.5. The lowest BCUT2D eigenvalue weighted by Gasteiger charge is -2.50. The number of hydrogen-bond acceptors (Lipinski definition) is 4. The van der Waals surface area contributed by atoms with Gasteiger partial charge in [-0.05, 0) is 70.0 Å². The van der Waals surface area contributed by atoms with E-state index in [1.54, 1.807) is 28.9 Å². The van der Waals surface area contributed by atoms with Gasteiger partial charge in [0.1, 0.15) is 11.7 Å². The van der Waals surface area contributed by atoms with Crippen LogP contribution in [0, 0.1) is 12.7 Å². The lowest BCUT2D eigenvalue weighted by molar-refractivity contribution is -0.137. The van der Waals surface area contributed by atoms with Crippen molar-refractivity contribution in [1.82, 2.24) is 19.1 Å². The Kier molecular flexibility index (Phi) is 7.46. The number of aryl methyl sites for hydroxylation is 1. The van der Waals surface area contributed by atoms with Crippen LogP contribution in [0.15, 0.2) is 88.6 Å². The molecule has 1 saturated heterocycles. The van der Waals surface area contributed by atoms with E-state index >= 15 is 4.39 Å². The molecular weight excluding hydrogens is 603 g/mol. The van der Waals surface area contributed by atoms with Crippen molar-refractivity contribution in [2.24, 2.45) is 9.74 Å². The molecule has 2 aliphatic heterocycles. The van der Waals surface area contributed by atoms with Gasteiger partial charge in [-0.15, -0.1) is 0 Å². The number of morpholine rings is 1. The van der Waals surface area contributed by atoms with Crippen molar-refractivity contribution >= 4 is 30.0 Å². The number of amidine groups is 1. The van der Waals surface area contributed by atoms with E-state index in [4.69, 9.17) is 19.6 Å². The third-order valence-corrected chi connectivity index (χ3v) is 12.1. The molecule has 1 aromatic heterocycles. The lowest BCUT2D eigenvalue weighted by Crippen LogP contribution is -2.51. The standard InChI is InChI=1S/C33H33F4N6OP/c1-21-19-41(20-22(2)44-21)45(40-29-16-10-8-14-27(29)33(35,36)37)30-23(3)39-42(24-11-5-4-6-12-24)32(30)38-31(43(45)25-17-18-25)26-13-7-9-15-28(26)34/h4-16,21-22,25H,17-20H2,1-3H3/t21-,22-,45+/m1/s1. The average molecular weight is 637 g/mol. The molecule has 1 aliphatic carbocycles. The summed E-state index contributed by atoms with van der Waals surface area (Å²) in [5, 5.41) is 5.62. The number of alkyl halides is 3. The van der Waals surface area contributed by atoms with E-state index < -0.39 is 24.9 Å². The summed E-state index contributed by atoms with van der Waals surface area (Å²) in [6.45, 7) is 6.61. The van der Waals surface area contributed by atoms with Crippen molar-refractivity contribution in [3.63, 3.8) is 0 Å². The van der Waals surface area contributed by atoms with Crippen molar-refractivity contribution in [2.75, 3.05) is 13.1 Å². The molecule has 2 fully saturated rings. The quantitative estimate of drug-likeness (QED) is 0.165. The predicted molar refractivity (Wildman–Crippen MR) is 167 cm³/mol. The zero-order valence-electron chi connectivity index (χ0n) is 25.1. The molecule has 0 radical (unpaired) electrons. The number of hydrogen-bond donors (Lipinski definition) is 0. The largest absolute Gasteiger partial charge is 0.418 e. The number of benzene rings is 3. The summed E-state index contributed by atoms with van der Waals surface area (Å²) in [4.78, 5) is 5.15. The molecule has 0 bridgehead atoms. The number of nitrogens with zero attached hydrogens (tertiary/aromatic N) is 6. The van der Waals surface area contributed by atoms with Gasteiger partial charge in [0.15, 0.2) is 13.2 Å². The van der Waals surface area contributed by atoms with E-state index in [9.17, 15) is 13.2 Å². The van der Waals surface area contributed by atoms with E-state index in [1.807, 2.05) is 51.1 Å². The zero-order valence-corrected chi connectivity index (χ0v) is 26.0. The van der Waals surface area contributed by atoms with Crippen molar-refractivity contribution in [3.05, 3.63) is 102 Å². The van der Waals surface area contributed by atoms with Gasteiger partial charge in [-0.1, -0.05) is 42.5 Å². The van der Waals surface area contributed by atoms with E-state index in [0.29, 0.717) is 35.7 Å². The highest BCUT2D eigenvalue weighted by atomic mass is 31.2. The molecular formula is C33H33F4N6OP. The van der Waals surface area contributed by atoms with Gasteiger partial charge in [0.25, 0.3) is 0 Å². The van der Waals surface area contributed by atoms with E-state index in [0.717, 1.165) is 24.6 Å². The Morgan fingerprint density at radius 2 is 1.53 bits per heavy atom. The summed E-state index contributed by atoms with van der Waals surface area (Å²) in [7, 11) is -3.40. The molecule has 3 heterocycles. The molecule has 234 valence electrons. The molecule has 0 spiro atoms. The summed E-state index contributed by atoms with van der Waals surface area (Å²) < 4.78 is 76.9. The second kappa shape index (κ2) is 11.2. The van der Waals surface area contributed by atoms with Gasteiger partial charge in [-0.2, -0.15) is 18.3 Å². The van der Waals surface area contributed by atoms with Crippen LogP contribution in [0.25, 0.3) is 5.69 Å². The number of aliphatic imine (C=N–C) groups is 1. The van der Waals surface area contributed by atoms with Crippen molar-refractivity contribution < 1.29 is 22.3 Å². The summed E-state index contributed by atoms with van der Waals surface area (Å²) in [5.41, 5.74) is 0.633. The van der Waals surface area contributed by atoms with Crippen LogP contribution in [0.1, 0.15) is 43.5 Å². The highest BCUT2D eigenvalue weighted by Gasteiger charge is 2.53. The molecule has 0 amide bonds. The Morgan fingerprint density at radius 1 is 0.889 bits per heavy atom. The van der Waals surface area contributed by atoms with Crippen LogP contribution < -0.4 is 5.30 Å². The van der Waals surface area contributed by atoms with Gasteiger partial charge in [-0.25, -0.2) is 23.5 Å². The van der Waals surface area contributed by atoms with E-state index in [2.05, 4.69) is 9.34 Å². The molecule has 45 heavy (non-hydrogen) atoms. The fourth-order valence-corrected chi connectivity index (χ4v) is 10.9. The highest BCUT2D eigenvalue weighted by Crippen LogP contribution is 2.66. The molecule has 7 nitrogen and oxygen atoms in total. The van der Waals surface area contributed by atoms with Gasteiger partial charge < -0.3 is 9.41 Å². The number of fused-ring (bicyclic) bond motifs is 1. The van der Waals surface area contributed by atoms with Gasteiger partial charge in [0.2, 0.25) is 0 Å². The molecule has 1 saturated carbocycles. The molecule has 0 unspecified atom stereocenters. The fourth-order valence-electron chi connectivity index (χ4n) is 6.41. The SMILES string of the molecule is Cc1nn(-c2ccccc2)c2c1[P@](=Nc1ccccc1C(F)(F)F)(N1C[C@@H](C)O[C@H](C)C1)N(C1CC1)C(c1ccccc1F)=N2. The Balaban J connectivity index is 1.65. The number of para-hydroxylation sites is 1. The molecule has 7 rings (SSSR count). The number of rotatable bonds is 5. The van der Waals surface area contributed by atoms with E-state index in [-0.39, 0.29) is 29.5 Å². The number of ether oxygens (including phenoxy) is 1. The monoisotopic (exact) mass is 636 g/mol. The Hall–Kier alpha value is -3.79. The maximum absolute atomic E-state index is 15.8. The minimum Gasteiger partial charge on any atom is -0.373 e. The van der Waals surface area contributed by atoms with Gasteiger partial charge in [0, 0.05) is 19.1 Å². The maximum atomic E-state index is 15.8. The number of aromatic nitrogens is 2. The summed E-state index contributed by atoms with van der Waals surface area (Å²) in [6.07, 6.45) is -3.51. The first-order chi connectivity index (χ1) is 21.6. The van der Waals surface area contributed by atoms with Crippen LogP contribution >= 0.6 is 7.36 Å². The Morgan fingerprint density at radius 3 is 2.20 bits per heavy atom. The lowest BCUT2D eigenvalue weighted by atomic mass is 10.2. The van der Waals surface area contributed by atoms with Crippen LogP contribution in [0.2, 0.25) is 0 Å². The normalized spacial score (nSPS) is 23.9. The molecule has 4 aromatic rings. The molecule has 3 aliphatic rings. The molecule has 3 aromatic carbocycles. The molecule has 0 N–H and O–H groups in total. The van der Waals surface area contributed by atoms with Crippen LogP contribution in [0.5, 0.6) is 0 Å². The first-order valence-corrected chi connectivity index (χ1v) is 16.7. The molecule has 12 heteroatoms. The van der Waals surface area contributed by atoms with Crippen LogP contribution in [-0.2, 0) is 10.9 Å². The highest BCUT2D eigenvalue weighted by molar-refractivity contribution is 7.70. The topological polar surface area (TPSA) is 58.3 Å². The van der Waals surface area contributed by atoms with Crippen LogP contribution in [0.4, 0.5) is 29.1 Å². The van der Waals surface area contributed by atoms with Crippen molar-refractivity contribution in [1.29, 1.82) is 0 Å². The summed E-state index contributed by atoms with van der Waals surface area (Å²) in [6, 6.07) is 21.2.